The standard InChI is InChI=1S/C17H13BrN8/c1-24-16-14(7-20-24)17-22-15(23-26(17)10-19-16)12-4-2-3-11(5-12)8-25-9-13(18)6-21-25/h2-7,9-10H,8H2,1H3. The lowest BCUT2D eigenvalue weighted by atomic mass is 10.1. The van der Waals surface area contributed by atoms with E-state index in [1.54, 1.807) is 27.9 Å². The van der Waals surface area contributed by atoms with Crippen molar-refractivity contribution in [2.45, 2.75) is 6.54 Å². The number of halogens is 1. The highest BCUT2D eigenvalue weighted by molar-refractivity contribution is 9.10. The molecule has 0 fully saturated rings. The lowest BCUT2D eigenvalue weighted by molar-refractivity contribution is 0.687. The van der Waals surface area contributed by atoms with Crippen molar-refractivity contribution in [1.29, 1.82) is 0 Å². The molecule has 0 atom stereocenters. The van der Waals surface area contributed by atoms with Gasteiger partial charge in [0.15, 0.2) is 17.1 Å². The molecular formula is C17H13BrN8. The van der Waals surface area contributed by atoms with Gasteiger partial charge in [-0.15, -0.1) is 5.10 Å². The van der Waals surface area contributed by atoms with Gasteiger partial charge in [0.25, 0.3) is 0 Å². The summed E-state index contributed by atoms with van der Waals surface area (Å²) in [5.74, 6) is 0.659. The van der Waals surface area contributed by atoms with Gasteiger partial charge in [0.2, 0.25) is 0 Å². The van der Waals surface area contributed by atoms with Crippen LogP contribution >= 0.6 is 15.9 Å². The van der Waals surface area contributed by atoms with Crippen molar-refractivity contribution in [3.63, 3.8) is 0 Å². The maximum absolute atomic E-state index is 4.71. The Kier molecular flexibility index (Phi) is 3.35. The summed E-state index contributed by atoms with van der Waals surface area (Å²) in [6.45, 7) is 0.682. The van der Waals surface area contributed by atoms with Crippen LogP contribution < -0.4 is 0 Å². The monoisotopic (exact) mass is 408 g/mol. The van der Waals surface area contributed by atoms with Gasteiger partial charge in [0, 0.05) is 18.8 Å². The molecule has 1 aromatic carbocycles. The molecule has 0 unspecified atom stereocenters. The highest BCUT2D eigenvalue weighted by atomic mass is 79.9. The van der Waals surface area contributed by atoms with Gasteiger partial charge in [-0.3, -0.25) is 9.36 Å². The van der Waals surface area contributed by atoms with E-state index in [0.717, 1.165) is 32.3 Å². The summed E-state index contributed by atoms with van der Waals surface area (Å²) in [7, 11) is 1.86. The first-order valence-corrected chi connectivity index (χ1v) is 8.77. The van der Waals surface area contributed by atoms with Crippen molar-refractivity contribution in [3.8, 4) is 11.4 Å². The Morgan fingerprint density at radius 2 is 2.04 bits per heavy atom. The van der Waals surface area contributed by atoms with Crippen LogP contribution in [0.1, 0.15) is 5.56 Å². The average molecular weight is 409 g/mol. The zero-order valence-corrected chi connectivity index (χ0v) is 15.4. The summed E-state index contributed by atoms with van der Waals surface area (Å²) >= 11 is 3.42. The maximum atomic E-state index is 4.71. The molecule has 0 radical (unpaired) electrons. The minimum absolute atomic E-state index is 0.659. The summed E-state index contributed by atoms with van der Waals surface area (Å²) in [5.41, 5.74) is 3.62. The minimum atomic E-state index is 0.659. The first-order chi connectivity index (χ1) is 12.7. The van der Waals surface area contributed by atoms with Gasteiger partial charge in [0.05, 0.1) is 28.8 Å². The number of fused-ring (bicyclic) bond motifs is 3. The molecule has 0 aliphatic heterocycles. The van der Waals surface area contributed by atoms with Crippen LogP contribution in [0.25, 0.3) is 28.1 Å². The smallest absolute Gasteiger partial charge is 0.182 e. The van der Waals surface area contributed by atoms with Crippen LogP contribution in [0.4, 0.5) is 0 Å². The highest BCUT2D eigenvalue weighted by Gasteiger charge is 2.12. The number of benzene rings is 1. The van der Waals surface area contributed by atoms with Gasteiger partial charge in [-0.05, 0) is 27.6 Å². The molecule has 8 nitrogen and oxygen atoms in total. The molecule has 4 heterocycles. The van der Waals surface area contributed by atoms with E-state index in [9.17, 15) is 0 Å². The van der Waals surface area contributed by atoms with Crippen LogP contribution in [-0.4, -0.2) is 39.1 Å². The lowest BCUT2D eigenvalue weighted by Crippen LogP contribution is -1.99. The van der Waals surface area contributed by atoms with Crippen molar-refractivity contribution in [1.82, 2.24) is 39.1 Å². The second kappa shape index (κ2) is 5.73. The molecule has 0 aliphatic carbocycles. The molecule has 4 aromatic heterocycles. The largest absolute Gasteiger partial charge is 0.267 e. The minimum Gasteiger partial charge on any atom is -0.267 e. The average Bonchev–Trinajstić information content (AvgIpc) is 3.34. The van der Waals surface area contributed by atoms with Crippen LogP contribution in [0.5, 0.6) is 0 Å². The molecule has 0 bridgehead atoms. The Morgan fingerprint density at radius 1 is 1.12 bits per heavy atom. The van der Waals surface area contributed by atoms with E-state index in [0.29, 0.717) is 12.4 Å². The fraction of sp³-hybridized carbons (Fsp3) is 0.118. The van der Waals surface area contributed by atoms with Crippen LogP contribution in [-0.2, 0) is 13.6 Å². The number of rotatable bonds is 3. The Bertz CT molecular complexity index is 1250. The number of nitrogens with zero attached hydrogens (tertiary/aromatic N) is 8. The van der Waals surface area contributed by atoms with E-state index < -0.39 is 0 Å². The molecule has 0 saturated carbocycles. The molecule has 5 aromatic rings. The normalized spacial score (nSPS) is 11.6. The van der Waals surface area contributed by atoms with E-state index in [-0.39, 0.29) is 0 Å². The zero-order valence-electron chi connectivity index (χ0n) is 13.8. The second-order valence-corrected chi connectivity index (χ2v) is 6.93. The summed E-state index contributed by atoms with van der Waals surface area (Å²) in [6, 6.07) is 8.16. The van der Waals surface area contributed by atoms with E-state index in [1.807, 2.05) is 30.1 Å². The van der Waals surface area contributed by atoms with Gasteiger partial charge in [0.1, 0.15) is 6.33 Å². The van der Waals surface area contributed by atoms with Crippen molar-refractivity contribution in [3.05, 3.63) is 59.2 Å². The van der Waals surface area contributed by atoms with Gasteiger partial charge in [-0.1, -0.05) is 18.2 Å². The molecule has 0 N–H and O–H groups in total. The molecule has 128 valence electrons. The van der Waals surface area contributed by atoms with Gasteiger partial charge in [-0.25, -0.2) is 14.5 Å². The van der Waals surface area contributed by atoms with E-state index in [4.69, 9.17) is 4.98 Å². The molecule has 5 rings (SSSR count). The topological polar surface area (TPSA) is 78.7 Å². The van der Waals surface area contributed by atoms with Gasteiger partial charge < -0.3 is 0 Å². The third-order valence-electron chi connectivity index (χ3n) is 4.20. The third kappa shape index (κ3) is 2.48. The maximum Gasteiger partial charge on any atom is 0.182 e. The molecule has 0 spiro atoms. The highest BCUT2D eigenvalue weighted by Crippen LogP contribution is 2.22. The van der Waals surface area contributed by atoms with Crippen LogP contribution in [0.3, 0.4) is 0 Å². The number of hydrogen-bond donors (Lipinski definition) is 0. The van der Waals surface area contributed by atoms with Crippen LogP contribution in [0.15, 0.2) is 53.7 Å². The Morgan fingerprint density at radius 3 is 2.88 bits per heavy atom. The first-order valence-electron chi connectivity index (χ1n) is 7.98. The van der Waals surface area contributed by atoms with Crippen LogP contribution in [0, 0.1) is 0 Å². The van der Waals surface area contributed by atoms with Crippen molar-refractivity contribution < 1.29 is 0 Å². The Hall–Kier alpha value is -3.07. The predicted molar refractivity (Wildman–Crippen MR) is 99.5 cm³/mol. The predicted octanol–water partition coefficient (Wildman–Crippen LogP) is 2.69. The summed E-state index contributed by atoms with van der Waals surface area (Å²) in [6.07, 6.45) is 7.16. The SMILES string of the molecule is Cn1ncc2c1ncn1nc(-c3cccc(Cn4cc(Br)cn4)c3)nc21. The quantitative estimate of drug-likeness (QED) is 0.458. The van der Waals surface area contributed by atoms with Crippen molar-refractivity contribution in [2.24, 2.45) is 7.05 Å². The molecule has 0 aliphatic rings. The first kappa shape index (κ1) is 15.2. The van der Waals surface area contributed by atoms with E-state index >= 15 is 0 Å². The van der Waals surface area contributed by atoms with Crippen molar-refractivity contribution in [2.75, 3.05) is 0 Å². The number of hydrogen-bond acceptors (Lipinski definition) is 5. The second-order valence-electron chi connectivity index (χ2n) is 6.01. The zero-order chi connectivity index (χ0) is 17.7. The van der Waals surface area contributed by atoms with Gasteiger partial charge >= 0.3 is 0 Å². The molecule has 0 amide bonds. The van der Waals surface area contributed by atoms with Crippen molar-refractivity contribution >= 4 is 32.6 Å². The third-order valence-corrected chi connectivity index (χ3v) is 4.61. The molecule has 26 heavy (non-hydrogen) atoms. The van der Waals surface area contributed by atoms with E-state index in [1.165, 1.54) is 0 Å². The molecular weight excluding hydrogens is 396 g/mol. The number of aromatic nitrogens is 8. The van der Waals surface area contributed by atoms with Gasteiger partial charge in [-0.2, -0.15) is 10.2 Å². The van der Waals surface area contributed by atoms with Crippen LogP contribution in [0.2, 0.25) is 0 Å². The molecule has 0 saturated heterocycles. The fourth-order valence-electron chi connectivity index (χ4n) is 2.98. The summed E-state index contributed by atoms with van der Waals surface area (Å²) in [4.78, 5) is 9.10. The lowest BCUT2D eigenvalue weighted by Gasteiger charge is -2.03. The fourth-order valence-corrected chi connectivity index (χ4v) is 3.31. The number of aryl methyl sites for hydroxylation is 1. The summed E-state index contributed by atoms with van der Waals surface area (Å²) in [5, 5.41) is 14.0. The van der Waals surface area contributed by atoms with E-state index in [2.05, 4.69) is 48.3 Å². The Balaban J connectivity index is 1.57. The Labute approximate surface area is 156 Å². The molecule has 9 heteroatoms. The summed E-state index contributed by atoms with van der Waals surface area (Å²) < 4.78 is 6.26.